The third-order valence-corrected chi connectivity index (χ3v) is 5.41. The zero-order valence-electron chi connectivity index (χ0n) is 18.4. The van der Waals surface area contributed by atoms with E-state index in [1.54, 1.807) is 4.57 Å². The van der Waals surface area contributed by atoms with Gasteiger partial charge in [-0.1, -0.05) is 37.3 Å². The number of esters is 1. The number of rotatable bonds is 6. The minimum Gasteiger partial charge on any atom is -0.458 e. The predicted molar refractivity (Wildman–Crippen MR) is 119 cm³/mol. The van der Waals surface area contributed by atoms with Gasteiger partial charge in [-0.05, 0) is 31.4 Å². The summed E-state index contributed by atoms with van der Waals surface area (Å²) >= 11 is 6.48. The maximum absolute atomic E-state index is 11.7. The van der Waals surface area contributed by atoms with Gasteiger partial charge in [0, 0.05) is 19.8 Å². The summed E-state index contributed by atoms with van der Waals surface area (Å²) in [6.07, 6.45) is 3.50. The summed E-state index contributed by atoms with van der Waals surface area (Å²) in [6, 6.07) is 3.66. The summed E-state index contributed by atoms with van der Waals surface area (Å²) in [5, 5.41) is 0.193. The quantitative estimate of drug-likeness (QED) is 0.227. The fourth-order valence-corrected chi connectivity index (χ4v) is 3.90. The van der Waals surface area contributed by atoms with Crippen molar-refractivity contribution in [2.24, 2.45) is 0 Å². The third-order valence-electron chi connectivity index (χ3n) is 5.14. The van der Waals surface area contributed by atoms with Crippen LogP contribution >= 0.6 is 11.6 Å². The summed E-state index contributed by atoms with van der Waals surface area (Å²) in [6.45, 7) is 5.81. The Labute approximate surface area is 191 Å². The molecular formula is C23H25ClN4O4. The Kier molecular flexibility index (Phi) is 6.77. The predicted octanol–water partition coefficient (Wildman–Crippen LogP) is 4.83. The molecule has 32 heavy (non-hydrogen) atoms. The van der Waals surface area contributed by atoms with Crippen molar-refractivity contribution < 1.29 is 18.7 Å². The summed E-state index contributed by atoms with van der Waals surface area (Å²) in [7, 11) is 0. The van der Waals surface area contributed by atoms with Gasteiger partial charge in [0.15, 0.2) is 28.6 Å². The molecule has 1 aliphatic heterocycles. The standard InChI is InChI=1S/C23H25ClN4O4/c1-4-5-6-7-8-9-18-25-20(24)19-22(26-18)28(21(27-19)16-11-10-14(2)31-16)23-17(12-13-30-23)32-15(3)29/h10-11,17,23H,4-7,12-13H2,1-3H3/t17-,23-/m1/s1. The Hall–Kier alpha value is -2.89. The Morgan fingerprint density at radius 1 is 1.31 bits per heavy atom. The fourth-order valence-electron chi connectivity index (χ4n) is 3.70. The SMILES string of the molecule is CCCCCC#Cc1nc(Cl)c2nc(-c3ccc(C)o3)n([C@@H]3OCC[C@H]3OC(C)=O)c2n1. The number of halogens is 1. The van der Waals surface area contributed by atoms with Gasteiger partial charge in [-0.25, -0.2) is 15.0 Å². The second-order valence-electron chi connectivity index (χ2n) is 7.68. The lowest BCUT2D eigenvalue weighted by Gasteiger charge is -2.21. The van der Waals surface area contributed by atoms with Crippen molar-refractivity contribution in [2.45, 2.75) is 65.2 Å². The largest absolute Gasteiger partial charge is 0.458 e. The lowest BCUT2D eigenvalue weighted by Crippen LogP contribution is -2.25. The normalized spacial score (nSPS) is 18.0. The summed E-state index contributed by atoms with van der Waals surface area (Å²) < 4.78 is 19.1. The number of furan rings is 1. The maximum Gasteiger partial charge on any atom is 0.303 e. The molecule has 1 aliphatic rings. The molecule has 0 aromatic carbocycles. The van der Waals surface area contributed by atoms with Crippen LogP contribution in [0.4, 0.5) is 0 Å². The molecule has 0 unspecified atom stereocenters. The van der Waals surface area contributed by atoms with Crippen molar-refractivity contribution >= 4 is 28.7 Å². The Morgan fingerprint density at radius 2 is 2.16 bits per heavy atom. The second kappa shape index (κ2) is 9.72. The molecule has 3 aromatic rings. The minimum atomic E-state index is -0.624. The molecule has 1 fully saturated rings. The molecular weight excluding hydrogens is 432 g/mol. The number of carbonyl (C=O) groups is 1. The van der Waals surface area contributed by atoms with E-state index in [-0.39, 0.29) is 11.1 Å². The molecule has 0 aliphatic carbocycles. The average Bonchev–Trinajstić information content (AvgIpc) is 3.45. The smallest absolute Gasteiger partial charge is 0.303 e. The van der Waals surface area contributed by atoms with Gasteiger partial charge in [0.25, 0.3) is 0 Å². The molecule has 8 nitrogen and oxygen atoms in total. The molecule has 9 heteroatoms. The third kappa shape index (κ3) is 4.64. The zero-order valence-corrected chi connectivity index (χ0v) is 19.1. The first-order chi connectivity index (χ1) is 15.5. The van der Waals surface area contributed by atoms with Crippen LogP contribution in [0.5, 0.6) is 0 Å². The number of hydrogen-bond acceptors (Lipinski definition) is 7. The molecule has 0 amide bonds. The number of hydrogen-bond donors (Lipinski definition) is 0. The van der Waals surface area contributed by atoms with Gasteiger partial charge >= 0.3 is 5.97 Å². The lowest BCUT2D eigenvalue weighted by molar-refractivity contribution is -0.151. The Morgan fingerprint density at radius 3 is 2.88 bits per heavy atom. The van der Waals surface area contributed by atoms with Crippen LogP contribution in [-0.2, 0) is 14.3 Å². The van der Waals surface area contributed by atoms with Crippen LogP contribution in [0.3, 0.4) is 0 Å². The molecule has 3 aromatic heterocycles. The molecule has 4 heterocycles. The number of carbonyl (C=O) groups excluding carboxylic acids is 1. The number of fused-ring (bicyclic) bond motifs is 1. The van der Waals surface area contributed by atoms with Crippen LogP contribution in [0.1, 0.15) is 63.8 Å². The van der Waals surface area contributed by atoms with E-state index in [0.29, 0.717) is 41.6 Å². The van der Waals surface area contributed by atoms with Crippen LogP contribution in [0, 0.1) is 18.8 Å². The van der Waals surface area contributed by atoms with Gasteiger partial charge in [0.05, 0.1) is 6.61 Å². The number of unbranched alkanes of at least 4 members (excludes halogenated alkanes) is 3. The maximum atomic E-state index is 11.7. The van der Waals surface area contributed by atoms with Gasteiger partial charge in [-0.3, -0.25) is 9.36 Å². The monoisotopic (exact) mass is 456 g/mol. The molecule has 0 N–H and O–H groups in total. The molecule has 0 saturated carbocycles. The average molecular weight is 457 g/mol. The number of imidazole rings is 1. The Bertz CT molecular complexity index is 1190. The van der Waals surface area contributed by atoms with E-state index in [9.17, 15) is 4.79 Å². The van der Waals surface area contributed by atoms with Gasteiger partial charge in [0.1, 0.15) is 17.4 Å². The van der Waals surface area contributed by atoms with E-state index in [0.717, 1.165) is 31.4 Å². The molecule has 0 radical (unpaired) electrons. The number of aryl methyl sites for hydroxylation is 1. The van der Waals surface area contributed by atoms with E-state index >= 15 is 0 Å². The van der Waals surface area contributed by atoms with Crippen molar-refractivity contribution in [3.63, 3.8) is 0 Å². The minimum absolute atomic E-state index is 0.193. The van der Waals surface area contributed by atoms with E-state index in [4.69, 9.17) is 25.5 Å². The van der Waals surface area contributed by atoms with Crippen LogP contribution in [0.2, 0.25) is 5.15 Å². The molecule has 4 rings (SSSR count). The second-order valence-corrected chi connectivity index (χ2v) is 8.04. The first kappa shape index (κ1) is 22.3. The van der Waals surface area contributed by atoms with Crippen LogP contribution < -0.4 is 0 Å². The number of nitrogens with zero attached hydrogens (tertiary/aromatic N) is 4. The van der Waals surface area contributed by atoms with E-state index < -0.39 is 12.3 Å². The topological polar surface area (TPSA) is 92.3 Å². The van der Waals surface area contributed by atoms with Crippen molar-refractivity contribution in [1.29, 1.82) is 0 Å². The van der Waals surface area contributed by atoms with Crippen molar-refractivity contribution in [1.82, 2.24) is 19.5 Å². The first-order valence-electron chi connectivity index (χ1n) is 10.8. The molecule has 1 saturated heterocycles. The molecule has 0 bridgehead atoms. The van der Waals surface area contributed by atoms with E-state index in [2.05, 4.69) is 33.7 Å². The van der Waals surface area contributed by atoms with E-state index in [1.165, 1.54) is 6.92 Å². The van der Waals surface area contributed by atoms with Gasteiger partial charge in [-0.15, -0.1) is 0 Å². The lowest BCUT2D eigenvalue weighted by atomic mass is 10.2. The zero-order chi connectivity index (χ0) is 22.7. The molecule has 0 spiro atoms. The van der Waals surface area contributed by atoms with Crippen molar-refractivity contribution in [3.05, 3.63) is 28.9 Å². The van der Waals surface area contributed by atoms with Gasteiger partial charge < -0.3 is 13.9 Å². The van der Waals surface area contributed by atoms with Crippen LogP contribution in [0.25, 0.3) is 22.7 Å². The molecule has 168 valence electrons. The number of aromatic nitrogens is 4. The first-order valence-corrected chi connectivity index (χ1v) is 11.2. The van der Waals surface area contributed by atoms with Crippen molar-refractivity contribution in [3.8, 4) is 23.4 Å². The highest BCUT2D eigenvalue weighted by Gasteiger charge is 2.37. The highest BCUT2D eigenvalue weighted by Crippen LogP contribution is 2.36. The van der Waals surface area contributed by atoms with Crippen LogP contribution in [-0.4, -0.2) is 38.2 Å². The van der Waals surface area contributed by atoms with Crippen molar-refractivity contribution in [2.75, 3.05) is 6.61 Å². The fraction of sp³-hybridized carbons (Fsp3) is 0.478. The summed E-state index contributed by atoms with van der Waals surface area (Å²) in [4.78, 5) is 25.3. The van der Waals surface area contributed by atoms with Gasteiger partial charge in [-0.2, -0.15) is 0 Å². The Balaban J connectivity index is 1.83. The highest BCUT2D eigenvalue weighted by atomic mass is 35.5. The van der Waals surface area contributed by atoms with E-state index in [1.807, 2.05) is 19.1 Å². The number of ether oxygens (including phenoxy) is 2. The van der Waals surface area contributed by atoms with Gasteiger partial charge in [0.2, 0.25) is 5.82 Å². The van der Waals surface area contributed by atoms with Crippen LogP contribution in [0.15, 0.2) is 16.5 Å². The summed E-state index contributed by atoms with van der Waals surface area (Å²) in [5.74, 6) is 7.78. The molecule has 2 atom stereocenters. The summed E-state index contributed by atoms with van der Waals surface area (Å²) in [5.41, 5.74) is 0.861. The highest BCUT2D eigenvalue weighted by molar-refractivity contribution is 6.33.